The Labute approximate surface area is 133 Å². The second-order valence-corrected chi connectivity index (χ2v) is 7.71. The number of fused-ring (bicyclic) bond motifs is 1. The number of nitrogens with one attached hydrogen (secondary N) is 1. The summed E-state index contributed by atoms with van der Waals surface area (Å²) in [4.78, 5) is 3.09. The van der Waals surface area contributed by atoms with Gasteiger partial charge >= 0.3 is 0 Å². The molecule has 1 atom stereocenters. The Morgan fingerprint density at radius 3 is 2.75 bits per heavy atom. The molecule has 0 bridgehead atoms. The van der Waals surface area contributed by atoms with Gasteiger partial charge in [-0.25, -0.2) is 0 Å². The van der Waals surface area contributed by atoms with Crippen molar-refractivity contribution >= 4 is 33.0 Å². The zero-order valence-electron chi connectivity index (χ0n) is 12.0. The van der Waals surface area contributed by atoms with Crippen molar-refractivity contribution in [1.82, 2.24) is 0 Å². The number of thiophene rings is 1. The van der Waals surface area contributed by atoms with E-state index in [-0.39, 0.29) is 0 Å². The van der Waals surface area contributed by atoms with Crippen LogP contribution in [0, 0.1) is 6.92 Å². The molecule has 3 heteroatoms. The lowest BCUT2D eigenvalue weighted by Crippen LogP contribution is -2.06. The van der Waals surface area contributed by atoms with Crippen LogP contribution in [0.1, 0.15) is 46.7 Å². The first-order valence-corrected chi connectivity index (χ1v) is 8.88. The minimum Gasteiger partial charge on any atom is -0.377 e. The van der Waals surface area contributed by atoms with Crippen LogP contribution in [0.25, 0.3) is 0 Å². The Kier molecular flexibility index (Phi) is 4.18. The molecule has 1 aliphatic carbocycles. The molecule has 2 aromatic rings. The van der Waals surface area contributed by atoms with Crippen molar-refractivity contribution in [3.05, 3.63) is 49.6 Å². The molecule has 106 valence electrons. The van der Waals surface area contributed by atoms with Crippen LogP contribution in [-0.4, -0.2) is 0 Å². The molecule has 1 unspecified atom stereocenters. The fourth-order valence-corrected chi connectivity index (χ4v) is 4.56. The molecular formula is C17H20BrNS. The number of benzene rings is 1. The van der Waals surface area contributed by atoms with E-state index in [1.54, 1.807) is 10.4 Å². The Morgan fingerprint density at radius 2 is 2.00 bits per heavy atom. The predicted molar refractivity (Wildman–Crippen MR) is 91.9 cm³/mol. The Hall–Kier alpha value is -0.800. The van der Waals surface area contributed by atoms with E-state index < -0.39 is 0 Å². The third kappa shape index (κ3) is 2.94. The van der Waals surface area contributed by atoms with E-state index in [9.17, 15) is 0 Å². The fraction of sp³-hybridized carbons (Fsp3) is 0.412. The summed E-state index contributed by atoms with van der Waals surface area (Å²) in [5.41, 5.74) is 4.11. The largest absolute Gasteiger partial charge is 0.377 e. The number of hydrogen-bond acceptors (Lipinski definition) is 2. The molecule has 1 N–H and O–H groups in total. The maximum absolute atomic E-state index is 3.65. The van der Waals surface area contributed by atoms with Gasteiger partial charge in [0.15, 0.2) is 0 Å². The van der Waals surface area contributed by atoms with Crippen LogP contribution in [0.3, 0.4) is 0 Å². The highest BCUT2D eigenvalue weighted by Gasteiger charge is 2.16. The third-order valence-electron chi connectivity index (χ3n) is 4.00. The van der Waals surface area contributed by atoms with Gasteiger partial charge in [-0.15, -0.1) is 11.3 Å². The van der Waals surface area contributed by atoms with E-state index >= 15 is 0 Å². The van der Waals surface area contributed by atoms with E-state index in [4.69, 9.17) is 0 Å². The molecule has 1 nitrogen and oxygen atoms in total. The van der Waals surface area contributed by atoms with Crippen LogP contribution in [0.4, 0.5) is 5.69 Å². The van der Waals surface area contributed by atoms with Gasteiger partial charge in [-0.2, -0.15) is 0 Å². The maximum atomic E-state index is 3.65. The van der Waals surface area contributed by atoms with E-state index in [1.807, 2.05) is 11.3 Å². The molecular weight excluding hydrogens is 330 g/mol. The fourth-order valence-electron chi connectivity index (χ4n) is 2.82. The lowest BCUT2D eigenvalue weighted by atomic mass is 9.99. The Bertz CT molecular complexity index is 594. The third-order valence-corrected chi connectivity index (χ3v) is 5.92. The summed E-state index contributed by atoms with van der Waals surface area (Å²) in [6, 6.07) is 9.22. The van der Waals surface area contributed by atoms with Crippen molar-refractivity contribution in [3.63, 3.8) is 0 Å². The maximum Gasteiger partial charge on any atom is 0.0578 e. The molecule has 1 aliphatic rings. The highest BCUT2D eigenvalue weighted by Crippen LogP contribution is 2.34. The van der Waals surface area contributed by atoms with E-state index in [1.165, 1.54) is 41.8 Å². The lowest BCUT2D eigenvalue weighted by Gasteiger charge is -2.16. The lowest BCUT2D eigenvalue weighted by molar-refractivity contribution is 0.696. The first kappa shape index (κ1) is 14.2. The summed E-state index contributed by atoms with van der Waals surface area (Å²) in [6.07, 6.45) is 5.28. The van der Waals surface area contributed by atoms with Crippen molar-refractivity contribution in [1.29, 1.82) is 0 Å². The summed E-state index contributed by atoms with van der Waals surface area (Å²) in [5.74, 6) is 0. The minimum atomic E-state index is 0.380. The minimum absolute atomic E-state index is 0.380. The molecule has 3 rings (SSSR count). The number of halogens is 1. The van der Waals surface area contributed by atoms with Gasteiger partial charge < -0.3 is 5.32 Å². The quantitative estimate of drug-likeness (QED) is 0.730. The average Bonchev–Trinajstić information content (AvgIpc) is 2.86. The van der Waals surface area contributed by atoms with Crippen molar-refractivity contribution in [2.75, 3.05) is 5.32 Å². The summed E-state index contributed by atoms with van der Waals surface area (Å²) in [7, 11) is 0. The number of aryl methyl sites for hydroxylation is 3. The molecule has 0 saturated heterocycles. The van der Waals surface area contributed by atoms with Gasteiger partial charge in [-0.05, 0) is 74.9 Å². The summed E-state index contributed by atoms with van der Waals surface area (Å²) >= 11 is 5.52. The molecule has 0 fully saturated rings. The number of hydrogen-bond donors (Lipinski definition) is 1. The first-order valence-electron chi connectivity index (χ1n) is 7.27. The molecule has 20 heavy (non-hydrogen) atoms. The molecule has 1 aromatic heterocycles. The van der Waals surface area contributed by atoms with Gasteiger partial charge in [0, 0.05) is 19.9 Å². The highest BCUT2D eigenvalue weighted by molar-refractivity contribution is 9.10. The molecule has 0 saturated carbocycles. The second kappa shape index (κ2) is 5.90. The van der Waals surface area contributed by atoms with Crippen LogP contribution in [0.5, 0.6) is 0 Å². The monoisotopic (exact) mass is 349 g/mol. The van der Waals surface area contributed by atoms with Gasteiger partial charge in [-0.3, -0.25) is 0 Å². The van der Waals surface area contributed by atoms with Gasteiger partial charge in [0.2, 0.25) is 0 Å². The van der Waals surface area contributed by atoms with Crippen LogP contribution in [0.2, 0.25) is 0 Å². The zero-order valence-corrected chi connectivity index (χ0v) is 14.4. The molecule has 0 spiro atoms. The number of anilines is 1. The highest BCUT2D eigenvalue weighted by atomic mass is 79.9. The second-order valence-electron chi connectivity index (χ2n) is 5.63. The SMILES string of the molecule is Cc1cc(Br)ccc1NC(C)c1cc2c(s1)CCCC2. The molecule has 0 aliphatic heterocycles. The smallest absolute Gasteiger partial charge is 0.0578 e. The topological polar surface area (TPSA) is 12.0 Å². The number of rotatable bonds is 3. The van der Waals surface area contributed by atoms with Crippen molar-refractivity contribution < 1.29 is 0 Å². The van der Waals surface area contributed by atoms with E-state index in [2.05, 4.69) is 59.4 Å². The normalized spacial score (nSPS) is 15.8. The molecule has 0 amide bonds. The van der Waals surface area contributed by atoms with Gasteiger partial charge in [0.25, 0.3) is 0 Å². The zero-order chi connectivity index (χ0) is 14.1. The van der Waals surface area contributed by atoms with Crippen LogP contribution in [-0.2, 0) is 12.8 Å². The standard InChI is InChI=1S/C17H20BrNS/c1-11-9-14(18)7-8-15(11)19-12(2)17-10-13-5-3-4-6-16(13)20-17/h7-10,12,19H,3-6H2,1-2H3. The van der Waals surface area contributed by atoms with Crippen molar-refractivity contribution in [2.45, 2.75) is 45.6 Å². The van der Waals surface area contributed by atoms with Crippen LogP contribution >= 0.6 is 27.3 Å². The van der Waals surface area contributed by atoms with Gasteiger partial charge in [0.05, 0.1) is 6.04 Å². The van der Waals surface area contributed by atoms with Crippen molar-refractivity contribution in [2.24, 2.45) is 0 Å². The molecule has 1 heterocycles. The Morgan fingerprint density at radius 1 is 1.20 bits per heavy atom. The van der Waals surface area contributed by atoms with Crippen LogP contribution < -0.4 is 5.32 Å². The molecule has 1 aromatic carbocycles. The molecule has 0 radical (unpaired) electrons. The summed E-state index contributed by atoms with van der Waals surface area (Å²) in [5, 5.41) is 3.65. The Balaban J connectivity index is 1.78. The first-order chi connectivity index (χ1) is 9.63. The van der Waals surface area contributed by atoms with Gasteiger partial charge in [-0.1, -0.05) is 15.9 Å². The van der Waals surface area contributed by atoms with Crippen LogP contribution in [0.15, 0.2) is 28.7 Å². The summed E-state index contributed by atoms with van der Waals surface area (Å²) < 4.78 is 1.14. The van der Waals surface area contributed by atoms with E-state index in [0.717, 1.165) is 4.47 Å². The average molecular weight is 350 g/mol. The van der Waals surface area contributed by atoms with Crippen molar-refractivity contribution in [3.8, 4) is 0 Å². The predicted octanol–water partition coefficient (Wildman–Crippen LogP) is 5.87. The summed E-state index contributed by atoms with van der Waals surface area (Å²) in [6.45, 7) is 4.41. The van der Waals surface area contributed by atoms with Gasteiger partial charge in [0.1, 0.15) is 0 Å². The van der Waals surface area contributed by atoms with E-state index in [0.29, 0.717) is 6.04 Å².